The third kappa shape index (κ3) is 4.29. The Morgan fingerprint density at radius 1 is 1.19 bits per heavy atom. The second kappa shape index (κ2) is 6.26. The fourth-order valence-corrected chi connectivity index (χ4v) is 2.21. The predicted octanol–water partition coefficient (Wildman–Crippen LogP) is 4.17. The van der Waals surface area contributed by atoms with E-state index >= 15 is 0 Å². The largest absolute Gasteiger partial charge is 0.492 e. The molecule has 0 heterocycles. The van der Waals surface area contributed by atoms with E-state index in [-0.39, 0.29) is 35.4 Å². The maximum absolute atomic E-state index is 12.0. The van der Waals surface area contributed by atoms with Gasteiger partial charge in [0.15, 0.2) is 0 Å². The van der Waals surface area contributed by atoms with Gasteiger partial charge in [-0.3, -0.25) is 0 Å². The fraction of sp³-hybridized carbons (Fsp3) is 0.214. The van der Waals surface area contributed by atoms with Gasteiger partial charge in [0.25, 0.3) is 0 Å². The SMILES string of the molecule is O=C(O)c1cc2ccccc2cc1OCCSC(F)(F)F. The Kier molecular flexibility index (Phi) is 4.62. The van der Waals surface area contributed by atoms with E-state index in [1.165, 1.54) is 12.1 Å². The van der Waals surface area contributed by atoms with Crippen molar-refractivity contribution in [1.29, 1.82) is 0 Å². The molecule has 0 saturated heterocycles. The minimum Gasteiger partial charge on any atom is -0.492 e. The summed E-state index contributed by atoms with van der Waals surface area (Å²) >= 11 is -0.202. The van der Waals surface area contributed by atoms with Gasteiger partial charge in [-0.25, -0.2) is 4.79 Å². The highest BCUT2D eigenvalue weighted by molar-refractivity contribution is 8.00. The molecule has 0 amide bonds. The van der Waals surface area contributed by atoms with Crippen LogP contribution in [0.2, 0.25) is 0 Å². The number of carboxylic acids is 1. The molecule has 21 heavy (non-hydrogen) atoms. The van der Waals surface area contributed by atoms with Crippen molar-refractivity contribution < 1.29 is 27.8 Å². The Morgan fingerprint density at radius 3 is 2.38 bits per heavy atom. The maximum atomic E-state index is 12.0. The van der Waals surface area contributed by atoms with E-state index in [4.69, 9.17) is 9.84 Å². The molecule has 2 aromatic rings. The van der Waals surface area contributed by atoms with Gasteiger partial charge >= 0.3 is 11.5 Å². The van der Waals surface area contributed by atoms with E-state index in [0.717, 1.165) is 10.8 Å². The summed E-state index contributed by atoms with van der Waals surface area (Å²) in [5, 5.41) is 10.6. The van der Waals surface area contributed by atoms with Crippen molar-refractivity contribution in [3.8, 4) is 5.75 Å². The fourth-order valence-electron chi connectivity index (χ4n) is 1.81. The van der Waals surface area contributed by atoms with Gasteiger partial charge in [-0.05, 0) is 34.7 Å². The highest BCUT2D eigenvalue weighted by atomic mass is 32.2. The van der Waals surface area contributed by atoms with Gasteiger partial charge in [0.2, 0.25) is 0 Å². The standard InChI is InChI=1S/C14H11F3O3S/c15-14(16,17)21-6-5-20-12-8-10-4-2-1-3-9(10)7-11(12)13(18)19/h1-4,7-8H,5-6H2,(H,18,19). The van der Waals surface area contributed by atoms with Crippen LogP contribution in [-0.4, -0.2) is 28.9 Å². The minimum absolute atomic E-state index is 0.0642. The number of rotatable bonds is 5. The maximum Gasteiger partial charge on any atom is 0.441 e. The number of alkyl halides is 3. The molecule has 0 spiro atoms. The zero-order valence-electron chi connectivity index (χ0n) is 10.7. The second-order valence-electron chi connectivity index (χ2n) is 4.14. The van der Waals surface area contributed by atoms with E-state index < -0.39 is 11.5 Å². The van der Waals surface area contributed by atoms with Crippen LogP contribution >= 0.6 is 11.8 Å². The normalized spacial score (nSPS) is 11.6. The summed E-state index contributed by atoms with van der Waals surface area (Å²) in [6.07, 6.45) is 0. The van der Waals surface area contributed by atoms with Crippen molar-refractivity contribution in [3.05, 3.63) is 42.0 Å². The summed E-state index contributed by atoms with van der Waals surface area (Å²) in [5.74, 6) is -1.40. The van der Waals surface area contributed by atoms with Gasteiger partial charge < -0.3 is 9.84 Å². The highest BCUT2D eigenvalue weighted by Gasteiger charge is 2.27. The van der Waals surface area contributed by atoms with E-state index in [2.05, 4.69) is 0 Å². The lowest BCUT2D eigenvalue weighted by Crippen LogP contribution is -2.09. The van der Waals surface area contributed by atoms with Crippen LogP contribution in [0.25, 0.3) is 10.8 Å². The van der Waals surface area contributed by atoms with E-state index in [9.17, 15) is 18.0 Å². The molecule has 0 fully saturated rings. The quantitative estimate of drug-likeness (QED) is 0.841. The average molecular weight is 316 g/mol. The molecule has 1 N–H and O–H groups in total. The van der Waals surface area contributed by atoms with Gasteiger partial charge in [-0.15, -0.1) is 0 Å². The summed E-state index contributed by atoms with van der Waals surface area (Å²) < 4.78 is 41.2. The molecule has 0 aliphatic rings. The van der Waals surface area contributed by atoms with Crippen molar-refractivity contribution in [2.45, 2.75) is 5.51 Å². The van der Waals surface area contributed by atoms with Crippen molar-refractivity contribution in [2.24, 2.45) is 0 Å². The number of carboxylic acid groups (broad SMARTS) is 1. The first-order valence-electron chi connectivity index (χ1n) is 5.96. The second-order valence-corrected chi connectivity index (χ2v) is 5.30. The number of hydrogen-bond donors (Lipinski definition) is 1. The van der Waals surface area contributed by atoms with Gasteiger partial charge in [0, 0.05) is 5.75 Å². The van der Waals surface area contributed by atoms with Crippen molar-refractivity contribution in [3.63, 3.8) is 0 Å². The average Bonchev–Trinajstić information content (AvgIpc) is 2.41. The van der Waals surface area contributed by atoms with Crippen molar-refractivity contribution in [1.82, 2.24) is 0 Å². The molecule has 0 aliphatic heterocycles. The zero-order valence-corrected chi connectivity index (χ0v) is 11.5. The number of ether oxygens (including phenoxy) is 1. The third-order valence-corrected chi connectivity index (χ3v) is 3.38. The number of aromatic carboxylic acids is 1. The molecular weight excluding hydrogens is 305 g/mol. The van der Waals surface area contributed by atoms with Crippen molar-refractivity contribution >= 4 is 28.5 Å². The Labute approximate surface area is 122 Å². The lowest BCUT2D eigenvalue weighted by Gasteiger charge is -2.11. The molecule has 0 saturated carbocycles. The molecule has 2 rings (SSSR count). The van der Waals surface area contributed by atoms with Gasteiger partial charge in [-0.1, -0.05) is 24.3 Å². The van der Waals surface area contributed by atoms with Gasteiger partial charge in [-0.2, -0.15) is 13.2 Å². The van der Waals surface area contributed by atoms with Crippen LogP contribution < -0.4 is 4.74 Å². The first kappa shape index (κ1) is 15.5. The molecule has 0 bridgehead atoms. The Balaban J connectivity index is 2.17. The van der Waals surface area contributed by atoms with Crippen LogP contribution in [0.1, 0.15) is 10.4 Å². The molecule has 3 nitrogen and oxygen atoms in total. The molecule has 0 aromatic heterocycles. The van der Waals surface area contributed by atoms with Crippen LogP contribution in [0.15, 0.2) is 36.4 Å². The van der Waals surface area contributed by atoms with E-state index in [1.807, 2.05) is 0 Å². The van der Waals surface area contributed by atoms with Crippen LogP contribution in [-0.2, 0) is 0 Å². The van der Waals surface area contributed by atoms with E-state index in [0.29, 0.717) is 0 Å². The Bertz CT molecular complexity index is 655. The smallest absolute Gasteiger partial charge is 0.441 e. The minimum atomic E-state index is -4.32. The molecule has 2 aromatic carbocycles. The molecular formula is C14H11F3O3S. The lowest BCUT2D eigenvalue weighted by molar-refractivity contribution is -0.0329. The summed E-state index contributed by atoms with van der Waals surface area (Å²) in [6, 6.07) is 10.1. The van der Waals surface area contributed by atoms with Crippen molar-refractivity contribution in [2.75, 3.05) is 12.4 Å². The van der Waals surface area contributed by atoms with Crippen LogP contribution in [0.4, 0.5) is 13.2 Å². The number of thioether (sulfide) groups is 1. The molecule has 112 valence electrons. The first-order valence-corrected chi connectivity index (χ1v) is 6.95. The topological polar surface area (TPSA) is 46.5 Å². The summed E-state index contributed by atoms with van der Waals surface area (Å²) in [4.78, 5) is 11.2. The Hall–Kier alpha value is -1.89. The molecule has 0 radical (unpaired) electrons. The predicted molar refractivity (Wildman–Crippen MR) is 74.9 cm³/mol. The lowest BCUT2D eigenvalue weighted by atomic mass is 10.1. The number of carbonyl (C=O) groups is 1. The van der Waals surface area contributed by atoms with Crippen LogP contribution in [0.5, 0.6) is 5.75 Å². The van der Waals surface area contributed by atoms with Crippen LogP contribution in [0.3, 0.4) is 0 Å². The number of benzene rings is 2. The number of fused-ring (bicyclic) bond motifs is 1. The third-order valence-electron chi connectivity index (χ3n) is 2.68. The first-order chi connectivity index (χ1) is 9.87. The summed E-state index contributed by atoms with van der Waals surface area (Å²) in [6.45, 7) is -0.219. The zero-order chi connectivity index (χ0) is 15.5. The monoisotopic (exact) mass is 316 g/mol. The number of hydrogen-bond acceptors (Lipinski definition) is 3. The van der Waals surface area contributed by atoms with Crippen LogP contribution in [0, 0.1) is 0 Å². The highest BCUT2D eigenvalue weighted by Crippen LogP contribution is 2.30. The summed E-state index contributed by atoms with van der Waals surface area (Å²) in [5.41, 5.74) is -4.38. The van der Waals surface area contributed by atoms with E-state index in [1.54, 1.807) is 24.3 Å². The summed E-state index contributed by atoms with van der Waals surface area (Å²) in [7, 11) is 0. The van der Waals surface area contributed by atoms with Gasteiger partial charge in [0.05, 0.1) is 6.61 Å². The number of halogens is 3. The Morgan fingerprint density at radius 2 is 1.81 bits per heavy atom. The molecule has 0 atom stereocenters. The molecule has 0 unspecified atom stereocenters. The van der Waals surface area contributed by atoms with Gasteiger partial charge in [0.1, 0.15) is 11.3 Å². The molecule has 7 heteroatoms. The molecule has 0 aliphatic carbocycles.